The van der Waals surface area contributed by atoms with Gasteiger partial charge >= 0.3 is 0 Å². The number of aromatic nitrogens is 3. The Morgan fingerprint density at radius 1 is 1.17 bits per heavy atom. The molecule has 1 atom stereocenters. The summed E-state index contributed by atoms with van der Waals surface area (Å²) in [7, 11) is 6.13. The van der Waals surface area contributed by atoms with E-state index in [0.717, 1.165) is 43.4 Å². The summed E-state index contributed by atoms with van der Waals surface area (Å²) in [6, 6.07) is 6.72. The number of nitrogens with zero attached hydrogens (tertiary/aromatic N) is 6. The second kappa shape index (κ2) is 7.13. The zero-order chi connectivity index (χ0) is 17.1. The number of pyridine rings is 1. The van der Waals surface area contributed by atoms with Gasteiger partial charge in [0.05, 0.1) is 0 Å². The summed E-state index contributed by atoms with van der Waals surface area (Å²) >= 11 is 0. The van der Waals surface area contributed by atoms with E-state index in [4.69, 9.17) is 0 Å². The fraction of sp³-hybridized carbons (Fsp3) is 0.500. The van der Waals surface area contributed by atoms with Gasteiger partial charge in [0.25, 0.3) is 0 Å². The molecule has 2 aromatic heterocycles. The van der Waals surface area contributed by atoms with Gasteiger partial charge in [0.2, 0.25) is 0 Å². The van der Waals surface area contributed by atoms with Crippen LogP contribution in [-0.4, -0.2) is 60.1 Å². The highest BCUT2D eigenvalue weighted by Crippen LogP contribution is 2.23. The summed E-state index contributed by atoms with van der Waals surface area (Å²) < 4.78 is 0. The van der Waals surface area contributed by atoms with Crippen molar-refractivity contribution in [3.8, 4) is 0 Å². The first-order valence-corrected chi connectivity index (χ1v) is 8.39. The third kappa shape index (κ3) is 3.64. The van der Waals surface area contributed by atoms with Crippen LogP contribution in [0, 0.1) is 6.92 Å². The summed E-state index contributed by atoms with van der Waals surface area (Å²) in [6.45, 7) is 5.20. The van der Waals surface area contributed by atoms with Gasteiger partial charge < -0.3 is 9.80 Å². The van der Waals surface area contributed by atoms with Crippen molar-refractivity contribution in [3.63, 3.8) is 0 Å². The van der Waals surface area contributed by atoms with Crippen molar-refractivity contribution < 1.29 is 0 Å². The first-order chi connectivity index (χ1) is 11.5. The van der Waals surface area contributed by atoms with Crippen LogP contribution in [-0.2, 0) is 6.54 Å². The molecule has 3 rings (SSSR count). The van der Waals surface area contributed by atoms with E-state index in [2.05, 4.69) is 44.8 Å². The molecule has 1 aliphatic heterocycles. The summed E-state index contributed by atoms with van der Waals surface area (Å²) in [5.74, 6) is 1.92. The number of anilines is 2. The Labute approximate surface area is 144 Å². The van der Waals surface area contributed by atoms with Gasteiger partial charge in [-0.3, -0.25) is 9.88 Å². The van der Waals surface area contributed by atoms with E-state index in [1.165, 1.54) is 5.56 Å². The SMILES string of the molecule is Cc1ncccc1CN1CCC(N(C)c2cc(N(C)C)ncn2)C1. The average molecular weight is 326 g/mol. The maximum atomic E-state index is 4.45. The van der Waals surface area contributed by atoms with Crippen molar-refractivity contribution in [1.82, 2.24) is 19.9 Å². The smallest absolute Gasteiger partial charge is 0.134 e. The molecule has 6 heteroatoms. The minimum Gasteiger partial charge on any atom is -0.363 e. The predicted molar refractivity (Wildman–Crippen MR) is 97.4 cm³/mol. The minimum atomic E-state index is 0.479. The van der Waals surface area contributed by atoms with E-state index >= 15 is 0 Å². The molecular weight excluding hydrogens is 300 g/mol. The molecule has 1 aliphatic rings. The highest BCUT2D eigenvalue weighted by atomic mass is 15.3. The molecule has 1 fully saturated rings. The summed E-state index contributed by atoms with van der Waals surface area (Å²) in [6.07, 6.45) is 4.65. The molecule has 3 heterocycles. The average Bonchev–Trinajstić information content (AvgIpc) is 3.05. The first kappa shape index (κ1) is 16.6. The van der Waals surface area contributed by atoms with Crippen LogP contribution in [0.3, 0.4) is 0 Å². The van der Waals surface area contributed by atoms with Crippen LogP contribution < -0.4 is 9.80 Å². The second-order valence-electron chi connectivity index (χ2n) is 6.67. The first-order valence-electron chi connectivity index (χ1n) is 8.39. The molecule has 6 nitrogen and oxygen atoms in total. The topological polar surface area (TPSA) is 48.4 Å². The number of likely N-dealkylation sites (N-methyl/N-ethyl adjacent to an activating group) is 1. The second-order valence-corrected chi connectivity index (χ2v) is 6.67. The maximum Gasteiger partial charge on any atom is 0.134 e. The summed E-state index contributed by atoms with van der Waals surface area (Å²) in [5.41, 5.74) is 2.44. The third-order valence-electron chi connectivity index (χ3n) is 4.76. The molecule has 0 bridgehead atoms. The highest BCUT2D eigenvalue weighted by molar-refractivity contribution is 5.49. The zero-order valence-electron chi connectivity index (χ0n) is 15.0. The van der Waals surface area contributed by atoms with Crippen LogP contribution in [0.5, 0.6) is 0 Å². The van der Waals surface area contributed by atoms with Gasteiger partial charge in [-0.05, 0) is 25.0 Å². The van der Waals surface area contributed by atoms with Crippen molar-refractivity contribution in [2.24, 2.45) is 0 Å². The maximum absolute atomic E-state index is 4.45. The molecule has 24 heavy (non-hydrogen) atoms. The Hall–Kier alpha value is -2.21. The Morgan fingerprint density at radius 3 is 2.71 bits per heavy atom. The van der Waals surface area contributed by atoms with Crippen molar-refractivity contribution in [2.75, 3.05) is 44.0 Å². The Kier molecular flexibility index (Phi) is 4.94. The molecule has 0 aromatic carbocycles. The van der Waals surface area contributed by atoms with E-state index in [-0.39, 0.29) is 0 Å². The largest absolute Gasteiger partial charge is 0.363 e. The van der Waals surface area contributed by atoms with Crippen LogP contribution in [0.25, 0.3) is 0 Å². The molecule has 0 aliphatic carbocycles. The van der Waals surface area contributed by atoms with Crippen molar-refractivity contribution >= 4 is 11.6 Å². The van der Waals surface area contributed by atoms with E-state index < -0.39 is 0 Å². The van der Waals surface area contributed by atoms with Gasteiger partial charge in [-0.25, -0.2) is 9.97 Å². The number of rotatable bonds is 5. The molecule has 0 spiro atoms. The Balaban J connectivity index is 1.65. The van der Waals surface area contributed by atoms with Crippen LogP contribution in [0.1, 0.15) is 17.7 Å². The summed E-state index contributed by atoms with van der Waals surface area (Å²) in [4.78, 5) is 19.9. The molecular formula is C18H26N6. The number of likely N-dealkylation sites (tertiary alicyclic amines) is 1. The van der Waals surface area contributed by atoms with Gasteiger partial charge in [0.15, 0.2) is 0 Å². The zero-order valence-corrected chi connectivity index (χ0v) is 15.0. The van der Waals surface area contributed by atoms with Gasteiger partial charge in [-0.1, -0.05) is 6.07 Å². The van der Waals surface area contributed by atoms with Gasteiger partial charge in [0.1, 0.15) is 18.0 Å². The monoisotopic (exact) mass is 326 g/mol. The molecule has 0 N–H and O–H groups in total. The number of hydrogen-bond acceptors (Lipinski definition) is 6. The molecule has 0 amide bonds. The molecule has 0 saturated carbocycles. The predicted octanol–water partition coefficient (Wildman–Crippen LogP) is 1.96. The molecule has 128 valence electrons. The minimum absolute atomic E-state index is 0.479. The lowest BCUT2D eigenvalue weighted by atomic mass is 10.2. The van der Waals surface area contributed by atoms with E-state index in [9.17, 15) is 0 Å². The number of hydrogen-bond donors (Lipinski definition) is 0. The lowest BCUT2D eigenvalue weighted by Crippen LogP contribution is -2.35. The standard InChI is InChI=1S/C18H26N6/c1-14-15(6-5-8-19-14)11-24-9-7-16(12-24)23(4)18-10-17(22(2)3)20-13-21-18/h5-6,8,10,13,16H,7,9,11-12H2,1-4H3. The molecule has 0 radical (unpaired) electrons. The summed E-state index contributed by atoms with van der Waals surface area (Å²) in [5, 5.41) is 0. The van der Waals surface area contributed by atoms with Crippen molar-refractivity contribution in [1.29, 1.82) is 0 Å². The molecule has 2 aromatic rings. The van der Waals surface area contributed by atoms with Crippen LogP contribution in [0.2, 0.25) is 0 Å². The van der Waals surface area contributed by atoms with Gasteiger partial charge in [0, 0.05) is 64.8 Å². The van der Waals surface area contributed by atoms with E-state index in [1.54, 1.807) is 6.33 Å². The van der Waals surface area contributed by atoms with Crippen LogP contribution in [0.15, 0.2) is 30.7 Å². The third-order valence-corrected chi connectivity index (χ3v) is 4.76. The van der Waals surface area contributed by atoms with Crippen molar-refractivity contribution in [3.05, 3.63) is 42.0 Å². The Bertz CT molecular complexity index is 687. The van der Waals surface area contributed by atoms with Crippen LogP contribution in [0.4, 0.5) is 11.6 Å². The van der Waals surface area contributed by atoms with Gasteiger partial charge in [-0.2, -0.15) is 0 Å². The quantitative estimate of drug-likeness (QED) is 0.837. The molecule has 1 saturated heterocycles. The molecule has 1 unspecified atom stereocenters. The fourth-order valence-corrected chi connectivity index (χ4v) is 3.16. The normalized spacial score (nSPS) is 17.9. The fourth-order valence-electron chi connectivity index (χ4n) is 3.16. The number of aryl methyl sites for hydroxylation is 1. The highest BCUT2D eigenvalue weighted by Gasteiger charge is 2.27. The van der Waals surface area contributed by atoms with Gasteiger partial charge in [-0.15, -0.1) is 0 Å². The lowest BCUT2D eigenvalue weighted by molar-refractivity contribution is 0.324. The van der Waals surface area contributed by atoms with Crippen molar-refractivity contribution in [2.45, 2.75) is 25.9 Å². The van der Waals surface area contributed by atoms with E-state index in [1.807, 2.05) is 37.3 Å². The lowest BCUT2D eigenvalue weighted by Gasteiger charge is -2.26. The Morgan fingerprint density at radius 2 is 1.96 bits per heavy atom. The van der Waals surface area contributed by atoms with E-state index in [0.29, 0.717) is 6.04 Å². The van der Waals surface area contributed by atoms with Crippen LogP contribution >= 0.6 is 0 Å².